The van der Waals surface area contributed by atoms with Gasteiger partial charge in [-0.2, -0.15) is 0 Å². The van der Waals surface area contributed by atoms with Crippen molar-refractivity contribution in [2.24, 2.45) is 0 Å². The molecular weight excluding hydrogens is 326 g/mol. The van der Waals surface area contributed by atoms with Gasteiger partial charge in [-0.05, 0) is 30.2 Å². The Morgan fingerprint density at radius 2 is 2.20 bits per heavy atom. The highest BCUT2D eigenvalue weighted by molar-refractivity contribution is 9.10. The summed E-state index contributed by atoms with van der Waals surface area (Å²) in [6, 6.07) is 5.61. The van der Waals surface area contributed by atoms with Crippen molar-refractivity contribution in [3.63, 3.8) is 0 Å². The molecule has 0 aliphatic rings. The molecule has 0 fully saturated rings. The van der Waals surface area contributed by atoms with Crippen molar-refractivity contribution in [3.05, 3.63) is 44.7 Å². The second-order valence-corrected chi connectivity index (χ2v) is 4.91. The molecule has 0 spiro atoms. The van der Waals surface area contributed by atoms with Gasteiger partial charge in [0.2, 0.25) is 11.6 Å². The summed E-state index contributed by atoms with van der Waals surface area (Å²) in [4.78, 5) is 18.0. The highest BCUT2D eigenvalue weighted by Gasteiger charge is 2.21. The Morgan fingerprint density at radius 1 is 1.45 bits per heavy atom. The summed E-state index contributed by atoms with van der Waals surface area (Å²) in [6.45, 7) is 2.00. The quantitative estimate of drug-likeness (QED) is 0.655. The third kappa shape index (κ3) is 2.85. The Hall–Kier alpha value is -2.22. The fraction of sp³-hybridized carbons (Fsp3) is 0.167. The lowest BCUT2D eigenvalue weighted by Gasteiger charge is -2.11. The monoisotopic (exact) mass is 337 g/mol. The number of nitrogens with one attached hydrogen (secondary N) is 1. The standard InChI is InChI=1S/C12H12BrN5O2/c1-2-7-5-8(13)3-4-9(7)17-12-10(18(19)20)11(14)15-6-16-12/h3-6H,2H2,1H3,(H3,14,15,16,17). The molecule has 0 amide bonds. The maximum atomic E-state index is 11.0. The molecule has 20 heavy (non-hydrogen) atoms. The van der Waals surface area contributed by atoms with Crippen LogP contribution in [0.4, 0.5) is 23.0 Å². The fourth-order valence-electron chi connectivity index (χ4n) is 1.77. The van der Waals surface area contributed by atoms with Crippen LogP contribution in [0.1, 0.15) is 12.5 Å². The zero-order valence-corrected chi connectivity index (χ0v) is 12.2. The normalized spacial score (nSPS) is 10.3. The van der Waals surface area contributed by atoms with E-state index in [1.807, 2.05) is 25.1 Å². The van der Waals surface area contributed by atoms with Gasteiger partial charge in [-0.25, -0.2) is 9.97 Å². The van der Waals surface area contributed by atoms with Gasteiger partial charge in [-0.15, -0.1) is 0 Å². The van der Waals surface area contributed by atoms with E-state index in [1.54, 1.807) is 0 Å². The average molecular weight is 338 g/mol. The minimum Gasteiger partial charge on any atom is -0.378 e. The van der Waals surface area contributed by atoms with Gasteiger partial charge in [-0.3, -0.25) is 10.1 Å². The topological polar surface area (TPSA) is 107 Å². The smallest absolute Gasteiger partial charge is 0.353 e. The van der Waals surface area contributed by atoms with Crippen molar-refractivity contribution in [2.45, 2.75) is 13.3 Å². The van der Waals surface area contributed by atoms with Crippen LogP contribution >= 0.6 is 15.9 Å². The van der Waals surface area contributed by atoms with Crippen LogP contribution in [0.25, 0.3) is 0 Å². The second-order valence-electron chi connectivity index (χ2n) is 3.99. The molecule has 1 heterocycles. The highest BCUT2D eigenvalue weighted by Crippen LogP contribution is 2.31. The van der Waals surface area contributed by atoms with Crippen LogP contribution in [-0.4, -0.2) is 14.9 Å². The summed E-state index contributed by atoms with van der Waals surface area (Å²) in [5.74, 6) is -0.0813. The first-order valence-electron chi connectivity index (χ1n) is 5.83. The molecule has 7 nitrogen and oxygen atoms in total. The summed E-state index contributed by atoms with van der Waals surface area (Å²) in [5.41, 5.74) is 6.96. The molecule has 0 radical (unpaired) electrons. The lowest BCUT2D eigenvalue weighted by atomic mass is 10.1. The molecule has 0 aliphatic heterocycles. The number of aryl methyl sites for hydroxylation is 1. The largest absolute Gasteiger partial charge is 0.378 e. The van der Waals surface area contributed by atoms with Crippen molar-refractivity contribution < 1.29 is 4.92 Å². The lowest BCUT2D eigenvalue weighted by molar-refractivity contribution is -0.383. The predicted octanol–water partition coefficient (Wildman–Crippen LogP) is 3.04. The van der Waals surface area contributed by atoms with Crippen molar-refractivity contribution in [3.8, 4) is 0 Å². The zero-order valence-electron chi connectivity index (χ0n) is 10.6. The first kappa shape index (κ1) is 14.2. The molecule has 2 aromatic rings. The van der Waals surface area contributed by atoms with E-state index in [4.69, 9.17) is 5.73 Å². The number of hydrogen-bond acceptors (Lipinski definition) is 6. The number of rotatable bonds is 4. The number of nitrogen functional groups attached to an aromatic ring is 1. The molecule has 0 atom stereocenters. The van der Waals surface area contributed by atoms with Gasteiger partial charge in [0.1, 0.15) is 6.33 Å². The van der Waals surface area contributed by atoms with Crippen molar-refractivity contribution in [1.29, 1.82) is 0 Å². The third-order valence-electron chi connectivity index (χ3n) is 2.73. The molecule has 0 unspecified atom stereocenters. The molecular formula is C12H12BrN5O2. The second kappa shape index (κ2) is 5.83. The number of nitrogens with two attached hydrogens (primary N) is 1. The Kier molecular flexibility index (Phi) is 4.14. The minimum atomic E-state index is -0.595. The zero-order chi connectivity index (χ0) is 14.7. The van der Waals surface area contributed by atoms with Gasteiger partial charge >= 0.3 is 5.69 Å². The van der Waals surface area contributed by atoms with E-state index in [0.29, 0.717) is 0 Å². The van der Waals surface area contributed by atoms with Crippen LogP contribution in [-0.2, 0) is 6.42 Å². The number of hydrogen-bond donors (Lipinski definition) is 2. The molecule has 1 aromatic heterocycles. The summed E-state index contributed by atoms with van der Waals surface area (Å²) in [6.07, 6.45) is 1.96. The van der Waals surface area contributed by atoms with Crippen molar-refractivity contribution in [2.75, 3.05) is 11.1 Å². The van der Waals surface area contributed by atoms with Gasteiger partial charge in [0.15, 0.2) is 0 Å². The summed E-state index contributed by atoms with van der Waals surface area (Å²) >= 11 is 3.39. The predicted molar refractivity (Wildman–Crippen MR) is 79.9 cm³/mol. The first-order chi connectivity index (χ1) is 9.52. The van der Waals surface area contributed by atoms with E-state index >= 15 is 0 Å². The van der Waals surface area contributed by atoms with Gasteiger partial charge in [0.25, 0.3) is 0 Å². The maximum Gasteiger partial charge on any atom is 0.353 e. The Bertz CT molecular complexity index is 662. The highest BCUT2D eigenvalue weighted by atomic mass is 79.9. The first-order valence-corrected chi connectivity index (χ1v) is 6.62. The third-order valence-corrected chi connectivity index (χ3v) is 3.23. The van der Waals surface area contributed by atoms with E-state index in [-0.39, 0.29) is 17.3 Å². The average Bonchev–Trinajstić information content (AvgIpc) is 2.40. The molecule has 0 aliphatic carbocycles. The molecule has 8 heteroatoms. The summed E-state index contributed by atoms with van der Waals surface area (Å²) < 4.78 is 0.941. The van der Waals surface area contributed by atoms with Crippen molar-refractivity contribution in [1.82, 2.24) is 9.97 Å². The molecule has 0 saturated carbocycles. The maximum absolute atomic E-state index is 11.0. The Balaban J connectivity index is 2.45. The van der Waals surface area contributed by atoms with Crippen LogP contribution in [0.3, 0.4) is 0 Å². The van der Waals surface area contributed by atoms with E-state index in [9.17, 15) is 10.1 Å². The van der Waals surface area contributed by atoms with E-state index in [1.165, 1.54) is 6.33 Å². The number of nitrogens with zero attached hydrogens (tertiary/aromatic N) is 3. The molecule has 2 rings (SSSR count). The molecule has 0 bridgehead atoms. The van der Waals surface area contributed by atoms with E-state index in [2.05, 4.69) is 31.2 Å². The van der Waals surface area contributed by atoms with Crippen LogP contribution in [0, 0.1) is 10.1 Å². The van der Waals surface area contributed by atoms with E-state index in [0.717, 1.165) is 22.1 Å². The molecule has 0 saturated heterocycles. The van der Waals surface area contributed by atoms with Gasteiger partial charge in [-0.1, -0.05) is 22.9 Å². The molecule has 3 N–H and O–H groups in total. The van der Waals surface area contributed by atoms with Gasteiger partial charge in [0, 0.05) is 10.2 Å². The van der Waals surface area contributed by atoms with Crippen molar-refractivity contribution >= 4 is 38.9 Å². The fourth-order valence-corrected chi connectivity index (χ4v) is 2.18. The lowest BCUT2D eigenvalue weighted by Crippen LogP contribution is -2.06. The van der Waals surface area contributed by atoms with Crippen LogP contribution in [0.5, 0.6) is 0 Å². The number of nitro groups is 1. The number of aromatic nitrogens is 2. The number of anilines is 3. The molecule has 1 aromatic carbocycles. The number of halogens is 1. The SMILES string of the molecule is CCc1cc(Br)ccc1Nc1ncnc(N)c1[N+](=O)[O-]. The number of benzene rings is 1. The Labute approximate surface area is 123 Å². The van der Waals surface area contributed by atoms with Gasteiger partial charge < -0.3 is 11.1 Å². The summed E-state index contributed by atoms with van der Waals surface area (Å²) in [5, 5.41) is 14.0. The van der Waals surface area contributed by atoms with E-state index < -0.39 is 4.92 Å². The van der Waals surface area contributed by atoms with Crippen LogP contribution in [0.2, 0.25) is 0 Å². The van der Waals surface area contributed by atoms with Gasteiger partial charge in [0.05, 0.1) is 4.92 Å². The van der Waals surface area contributed by atoms with Crippen LogP contribution < -0.4 is 11.1 Å². The minimum absolute atomic E-state index is 0.0829. The Morgan fingerprint density at radius 3 is 2.85 bits per heavy atom. The van der Waals surface area contributed by atoms with Crippen LogP contribution in [0.15, 0.2) is 29.0 Å². The molecule has 104 valence electrons. The summed E-state index contributed by atoms with van der Waals surface area (Å²) in [7, 11) is 0.